The maximum absolute atomic E-state index is 7.04. The molecule has 0 saturated heterocycles. The summed E-state index contributed by atoms with van der Waals surface area (Å²) < 4.78 is 16.1. The van der Waals surface area contributed by atoms with E-state index in [1.807, 2.05) is 11.3 Å². The van der Waals surface area contributed by atoms with Gasteiger partial charge in [0.1, 0.15) is 22.3 Å². The number of benzene rings is 9. The van der Waals surface area contributed by atoms with Crippen LogP contribution in [0.3, 0.4) is 0 Å². The number of anilines is 3. The van der Waals surface area contributed by atoms with Crippen molar-refractivity contribution in [1.82, 2.24) is 0 Å². The zero-order valence-electron chi connectivity index (χ0n) is 31.2. The summed E-state index contributed by atoms with van der Waals surface area (Å²) in [4.78, 5) is 2.44. The molecular formula is C54H33NO2S. The van der Waals surface area contributed by atoms with E-state index in [0.29, 0.717) is 0 Å². The van der Waals surface area contributed by atoms with Crippen molar-refractivity contribution in [2.75, 3.05) is 4.90 Å². The molecular weight excluding hydrogens is 727 g/mol. The van der Waals surface area contributed by atoms with Gasteiger partial charge in [0.2, 0.25) is 0 Å². The van der Waals surface area contributed by atoms with Gasteiger partial charge in [-0.2, -0.15) is 0 Å². The first-order valence-corrected chi connectivity index (χ1v) is 20.4. The highest BCUT2D eigenvalue weighted by molar-refractivity contribution is 7.26. The fraction of sp³-hybridized carbons (Fsp3) is 0. The van der Waals surface area contributed by atoms with Crippen molar-refractivity contribution in [2.45, 2.75) is 0 Å². The monoisotopic (exact) mass is 759 g/mol. The van der Waals surface area contributed by atoms with Crippen LogP contribution in [0.15, 0.2) is 209 Å². The van der Waals surface area contributed by atoms with Gasteiger partial charge in [0.15, 0.2) is 0 Å². The summed E-state index contributed by atoms with van der Waals surface area (Å²) in [6.07, 6.45) is 0. The van der Waals surface area contributed by atoms with Crippen LogP contribution in [0.1, 0.15) is 0 Å². The Kier molecular flexibility index (Phi) is 7.40. The largest absolute Gasteiger partial charge is 0.456 e. The third kappa shape index (κ3) is 5.12. The van der Waals surface area contributed by atoms with Gasteiger partial charge in [0.05, 0.1) is 21.5 Å². The number of thiophene rings is 1. The molecule has 0 aliphatic carbocycles. The predicted octanol–water partition coefficient (Wildman–Crippen LogP) is 16.3. The lowest BCUT2D eigenvalue weighted by Gasteiger charge is -2.27. The van der Waals surface area contributed by atoms with Gasteiger partial charge >= 0.3 is 0 Å². The molecule has 12 rings (SSSR count). The Labute approximate surface area is 338 Å². The minimum atomic E-state index is 0.852. The number of fused-ring (bicyclic) bond motifs is 9. The first kappa shape index (κ1) is 32.8. The van der Waals surface area contributed by atoms with Gasteiger partial charge in [0.25, 0.3) is 0 Å². The molecule has 0 amide bonds. The van der Waals surface area contributed by atoms with Gasteiger partial charge in [-0.15, -0.1) is 11.3 Å². The SMILES string of the molecule is c1ccc(-c2ccc3c(c2)oc2c(-c4ccccc4)ccc(N(c4ccc5oc6cccc(-c7ccccc7)c6c5c4)c4cccc5c4sc4ccccc45)c23)cc1. The summed E-state index contributed by atoms with van der Waals surface area (Å²) in [5.41, 5.74) is 13.4. The van der Waals surface area contributed by atoms with Crippen LogP contribution in [0, 0.1) is 0 Å². The predicted molar refractivity (Wildman–Crippen MR) is 245 cm³/mol. The van der Waals surface area contributed by atoms with Crippen LogP contribution in [0.2, 0.25) is 0 Å². The number of hydrogen-bond donors (Lipinski definition) is 0. The molecule has 272 valence electrons. The Balaban J connectivity index is 1.18. The van der Waals surface area contributed by atoms with Crippen molar-refractivity contribution in [3.63, 3.8) is 0 Å². The highest BCUT2D eigenvalue weighted by Crippen LogP contribution is 2.51. The third-order valence-electron chi connectivity index (χ3n) is 11.5. The van der Waals surface area contributed by atoms with Gasteiger partial charge in [-0.25, -0.2) is 0 Å². The molecule has 0 unspecified atom stereocenters. The lowest BCUT2D eigenvalue weighted by Crippen LogP contribution is -2.10. The summed E-state index contributed by atoms with van der Waals surface area (Å²) >= 11 is 1.84. The van der Waals surface area contributed by atoms with Crippen molar-refractivity contribution in [2.24, 2.45) is 0 Å². The summed E-state index contributed by atoms with van der Waals surface area (Å²) in [6, 6.07) is 71.3. The second-order valence-electron chi connectivity index (χ2n) is 14.8. The van der Waals surface area contributed by atoms with Crippen LogP contribution in [0.4, 0.5) is 17.1 Å². The van der Waals surface area contributed by atoms with Gasteiger partial charge in [0, 0.05) is 42.9 Å². The van der Waals surface area contributed by atoms with Gasteiger partial charge in [-0.05, 0) is 88.5 Å². The minimum absolute atomic E-state index is 0.852. The van der Waals surface area contributed by atoms with Crippen molar-refractivity contribution in [1.29, 1.82) is 0 Å². The van der Waals surface area contributed by atoms with Crippen LogP contribution in [0.5, 0.6) is 0 Å². The van der Waals surface area contributed by atoms with E-state index in [9.17, 15) is 0 Å². The average molecular weight is 760 g/mol. The van der Waals surface area contributed by atoms with Crippen LogP contribution in [-0.4, -0.2) is 0 Å². The molecule has 12 aromatic rings. The van der Waals surface area contributed by atoms with Crippen LogP contribution < -0.4 is 4.90 Å². The van der Waals surface area contributed by atoms with Gasteiger partial charge < -0.3 is 13.7 Å². The topological polar surface area (TPSA) is 29.5 Å². The van der Waals surface area contributed by atoms with Gasteiger partial charge in [-0.1, -0.05) is 140 Å². The molecule has 0 fully saturated rings. The smallest absolute Gasteiger partial charge is 0.145 e. The Morgan fingerprint density at radius 3 is 1.88 bits per heavy atom. The van der Waals surface area contributed by atoms with E-state index in [0.717, 1.165) is 94.3 Å². The number of nitrogens with zero attached hydrogens (tertiary/aromatic N) is 1. The Bertz CT molecular complexity index is 3510. The molecule has 0 aliphatic heterocycles. The summed E-state index contributed by atoms with van der Waals surface area (Å²) in [5.74, 6) is 0. The standard InChI is InChI=1S/C54H33NO2S/c1-4-14-34(15-5-1)37-26-28-43-49(32-37)57-53-40(36-18-8-3-9-19-36)29-30-45(52(43)53)55(46-23-12-22-42-41-20-10-11-25-50(41)58-54(42)46)38-27-31-47-44(33-38)51-39(21-13-24-48(51)56-47)35-16-6-2-7-17-35/h1-33H. The quantitative estimate of drug-likeness (QED) is 0.169. The summed E-state index contributed by atoms with van der Waals surface area (Å²) in [6.45, 7) is 0. The number of hydrogen-bond acceptors (Lipinski definition) is 4. The van der Waals surface area contributed by atoms with E-state index >= 15 is 0 Å². The molecule has 0 radical (unpaired) electrons. The van der Waals surface area contributed by atoms with Crippen molar-refractivity contribution in [3.05, 3.63) is 200 Å². The molecule has 0 atom stereocenters. The number of furan rings is 2. The normalized spacial score (nSPS) is 11.8. The highest BCUT2D eigenvalue weighted by atomic mass is 32.1. The highest BCUT2D eigenvalue weighted by Gasteiger charge is 2.25. The first-order valence-electron chi connectivity index (χ1n) is 19.6. The van der Waals surface area contributed by atoms with Gasteiger partial charge in [-0.3, -0.25) is 0 Å². The van der Waals surface area contributed by atoms with E-state index in [-0.39, 0.29) is 0 Å². The molecule has 3 heterocycles. The zero-order valence-corrected chi connectivity index (χ0v) is 32.0. The lowest BCUT2D eigenvalue weighted by molar-refractivity contribution is 0.669. The van der Waals surface area contributed by atoms with Crippen molar-refractivity contribution in [3.8, 4) is 33.4 Å². The van der Waals surface area contributed by atoms with Crippen LogP contribution in [-0.2, 0) is 0 Å². The molecule has 0 spiro atoms. The Morgan fingerprint density at radius 2 is 1.07 bits per heavy atom. The molecule has 3 nitrogen and oxygen atoms in total. The summed E-state index contributed by atoms with van der Waals surface area (Å²) in [7, 11) is 0. The Hall–Kier alpha value is -7.40. The third-order valence-corrected chi connectivity index (χ3v) is 12.7. The first-order chi connectivity index (χ1) is 28.8. The van der Waals surface area contributed by atoms with E-state index in [1.165, 1.54) is 20.2 Å². The fourth-order valence-corrected chi connectivity index (χ4v) is 10.0. The maximum atomic E-state index is 7.04. The van der Waals surface area contributed by atoms with Crippen molar-refractivity contribution < 1.29 is 8.83 Å². The van der Waals surface area contributed by atoms with E-state index in [4.69, 9.17) is 8.83 Å². The van der Waals surface area contributed by atoms with E-state index in [2.05, 4.69) is 205 Å². The molecule has 0 bridgehead atoms. The molecule has 0 aliphatic rings. The average Bonchev–Trinajstić information content (AvgIpc) is 3.99. The molecule has 0 N–H and O–H groups in total. The lowest BCUT2D eigenvalue weighted by atomic mass is 9.98. The second kappa shape index (κ2) is 13.1. The molecule has 4 heteroatoms. The maximum Gasteiger partial charge on any atom is 0.145 e. The van der Waals surface area contributed by atoms with Crippen LogP contribution >= 0.6 is 11.3 Å². The molecule has 58 heavy (non-hydrogen) atoms. The molecule has 9 aromatic carbocycles. The van der Waals surface area contributed by atoms with Crippen molar-refractivity contribution >= 4 is 92.4 Å². The van der Waals surface area contributed by atoms with Crippen LogP contribution in [0.25, 0.3) is 97.4 Å². The molecule has 0 saturated carbocycles. The fourth-order valence-electron chi connectivity index (χ4n) is 8.83. The Morgan fingerprint density at radius 1 is 0.362 bits per heavy atom. The number of rotatable bonds is 6. The summed E-state index contributed by atoms with van der Waals surface area (Å²) in [5, 5.41) is 6.82. The van der Waals surface area contributed by atoms with E-state index in [1.54, 1.807) is 0 Å². The van der Waals surface area contributed by atoms with E-state index < -0.39 is 0 Å². The zero-order chi connectivity index (χ0) is 38.2. The second-order valence-corrected chi connectivity index (χ2v) is 15.8. The molecule has 3 aromatic heterocycles. The minimum Gasteiger partial charge on any atom is -0.456 e.